The number of rotatable bonds is 2. The van der Waals surface area contributed by atoms with Crippen LogP contribution in [0.15, 0.2) is 0 Å². The van der Waals surface area contributed by atoms with Gasteiger partial charge in [-0.15, -0.1) is 0 Å². The van der Waals surface area contributed by atoms with E-state index in [0.29, 0.717) is 11.8 Å². The summed E-state index contributed by atoms with van der Waals surface area (Å²) in [5.41, 5.74) is -0.502. The minimum absolute atomic E-state index is 0.121. The normalized spacial score (nSPS) is 44.4. The maximum Gasteiger partial charge on any atom is 0.410 e. The summed E-state index contributed by atoms with van der Waals surface area (Å²) in [6.45, 7) is 5.79. The molecule has 102 valence electrons. The van der Waals surface area contributed by atoms with Gasteiger partial charge in [0.15, 0.2) is 0 Å². The molecule has 2 N–H and O–H groups in total. The topological polar surface area (TPSA) is 70.0 Å². The molecule has 1 saturated heterocycles. The van der Waals surface area contributed by atoms with Crippen molar-refractivity contribution in [1.29, 1.82) is 0 Å². The molecule has 1 heterocycles. The van der Waals surface area contributed by atoms with E-state index in [-0.39, 0.29) is 43.2 Å². The van der Waals surface area contributed by atoms with Crippen LogP contribution in [0.2, 0.25) is 0 Å². The highest BCUT2D eigenvalue weighted by atomic mass is 16.6. The highest BCUT2D eigenvalue weighted by molar-refractivity contribution is 5.72. The molecule has 1 amide bonds. The SMILES string of the molecule is CC(C)(C)OC(=O)N1C2C(CO)C2C2C(CO)C21. The molecule has 2 saturated carbocycles. The molecule has 5 nitrogen and oxygen atoms in total. The van der Waals surface area contributed by atoms with Crippen molar-refractivity contribution in [2.75, 3.05) is 13.2 Å². The lowest BCUT2D eigenvalue weighted by atomic mass is 10.2. The first-order valence-corrected chi connectivity index (χ1v) is 6.63. The van der Waals surface area contributed by atoms with Gasteiger partial charge in [-0.25, -0.2) is 4.79 Å². The molecule has 3 rings (SSSR count). The Hall–Kier alpha value is -0.810. The summed E-state index contributed by atoms with van der Waals surface area (Å²) in [5.74, 6) is 1.14. The van der Waals surface area contributed by atoms with Crippen LogP contribution in [0.1, 0.15) is 20.8 Å². The smallest absolute Gasteiger partial charge is 0.410 e. The molecule has 3 aliphatic rings. The molecule has 1 aliphatic heterocycles. The lowest BCUT2D eigenvalue weighted by Crippen LogP contribution is -2.40. The van der Waals surface area contributed by atoms with Gasteiger partial charge in [0.2, 0.25) is 0 Å². The number of carbonyl (C=O) groups is 1. The maximum absolute atomic E-state index is 12.2. The fourth-order valence-corrected chi connectivity index (χ4v) is 3.79. The molecular formula is C13H21NO4. The molecule has 0 radical (unpaired) electrons. The van der Waals surface area contributed by atoms with Crippen LogP contribution in [0.4, 0.5) is 4.79 Å². The van der Waals surface area contributed by atoms with Gasteiger partial charge < -0.3 is 19.8 Å². The van der Waals surface area contributed by atoms with Crippen molar-refractivity contribution in [2.24, 2.45) is 23.7 Å². The van der Waals surface area contributed by atoms with E-state index in [1.165, 1.54) is 0 Å². The molecule has 0 bridgehead atoms. The summed E-state index contributed by atoms with van der Waals surface area (Å²) in [4.78, 5) is 14.0. The zero-order valence-corrected chi connectivity index (χ0v) is 11.0. The quantitative estimate of drug-likeness (QED) is 0.751. The number of hydrogen-bond donors (Lipinski definition) is 2. The second-order valence-electron chi connectivity index (χ2n) is 6.72. The summed E-state index contributed by atoms with van der Waals surface area (Å²) in [5, 5.41) is 18.6. The van der Waals surface area contributed by atoms with Crippen LogP contribution in [0.25, 0.3) is 0 Å². The van der Waals surface area contributed by atoms with Crippen LogP contribution in [-0.4, -0.2) is 52.1 Å². The summed E-state index contributed by atoms with van der Waals surface area (Å²) in [6.07, 6.45) is -0.295. The Morgan fingerprint density at radius 2 is 1.56 bits per heavy atom. The summed E-state index contributed by atoms with van der Waals surface area (Å²) >= 11 is 0. The van der Waals surface area contributed by atoms with Crippen molar-refractivity contribution in [3.05, 3.63) is 0 Å². The van der Waals surface area contributed by atoms with Crippen LogP contribution in [0, 0.1) is 23.7 Å². The van der Waals surface area contributed by atoms with Crippen molar-refractivity contribution in [2.45, 2.75) is 38.5 Å². The van der Waals surface area contributed by atoms with Crippen molar-refractivity contribution in [3.8, 4) is 0 Å². The predicted molar refractivity (Wildman–Crippen MR) is 63.8 cm³/mol. The van der Waals surface area contributed by atoms with Crippen LogP contribution < -0.4 is 0 Å². The van der Waals surface area contributed by atoms with Crippen molar-refractivity contribution in [3.63, 3.8) is 0 Å². The molecule has 5 heteroatoms. The van der Waals surface area contributed by atoms with Gasteiger partial charge in [-0.2, -0.15) is 0 Å². The Kier molecular flexibility index (Phi) is 2.45. The van der Waals surface area contributed by atoms with Gasteiger partial charge in [-0.3, -0.25) is 0 Å². The highest BCUT2D eigenvalue weighted by Gasteiger charge is 2.78. The molecule has 6 unspecified atom stereocenters. The average Bonchev–Trinajstić information content (AvgIpc) is 3.10. The average molecular weight is 255 g/mol. The predicted octanol–water partition coefficient (Wildman–Crippen LogP) is 0.451. The third kappa shape index (κ3) is 1.57. The first kappa shape index (κ1) is 12.2. The Labute approximate surface area is 107 Å². The standard InChI is InChI=1S/C13H21NO4/c1-13(2,3)18-12(17)14-10-6(4-15)8(10)9-7(5-16)11(9)14/h6-11,15-16H,4-5H2,1-3H3. The summed E-state index contributed by atoms with van der Waals surface area (Å²) in [7, 11) is 0. The number of carbonyl (C=O) groups excluding carboxylic acids is 1. The molecule has 0 spiro atoms. The first-order valence-electron chi connectivity index (χ1n) is 6.63. The lowest BCUT2D eigenvalue weighted by molar-refractivity contribution is 0.0195. The highest BCUT2D eigenvalue weighted by Crippen LogP contribution is 2.69. The number of hydrogen-bond acceptors (Lipinski definition) is 4. The number of piperidine rings is 2. The number of likely N-dealkylation sites (tertiary alicyclic amines) is 1. The molecule has 3 fully saturated rings. The van der Waals surface area contributed by atoms with E-state index in [9.17, 15) is 15.0 Å². The van der Waals surface area contributed by atoms with Crippen LogP contribution in [0.3, 0.4) is 0 Å². The van der Waals surface area contributed by atoms with Crippen LogP contribution >= 0.6 is 0 Å². The van der Waals surface area contributed by atoms with Gasteiger partial charge >= 0.3 is 6.09 Å². The maximum atomic E-state index is 12.2. The zero-order chi connectivity index (χ0) is 13.2. The molecule has 2 aliphatic carbocycles. The Balaban J connectivity index is 1.74. The van der Waals surface area contributed by atoms with E-state index < -0.39 is 5.60 Å². The Morgan fingerprint density at radius 3 is 1.89 bits per heavy atom. The second-order valence-corrected chi connectivity index (χ2v) is 6.72. The third-order valence-corrected chi connectivity index (χ3v) is 4.49. The monoisotopic (exact) mass is 255 g/mol. The minimum atomic E-state index is -0.502. The Morgan fingerprint density at radius 1 is 1.11 bits per heavy atom. The second kappa shape index (κ2) is 3.61. The van der Waals surface area contributed by atoms with E-state index >= 15 is 0 Å². The van der Waals surface area contributed by atoms with Gasteiger partial charge in [-0.1, -0.05) is 0 Å². The molecular weight excluding hydrogens is 234 g/mol. The van der Waals surface area contributed by atoms with Gasteiger partial charge in [0.05, 0.1) is 0 Å². The number of aliphatic hydroxyl groups is 2. The van der Waals surface area contributed by atoms with E-state index in [2.05, 4.69) is 0 Å². The Bertz CT molecular complexity index is 356. The molecule has 0 aromatic rings. The zero-order valence-electron chi connectivity index (χ0n) is 11.0. The van der Waals surface area contributed by atoms with E-state index in [4.69, 9.17) is 4.74 Å². The number of fused-ring (bicyclic) bond motifs is 3. The van der Waals surface area contributed by atoms with E-state index in [1.807, 2.05) is 20.8 Å². The minimum Gasteiger partial charge on any atom is -0.444 e. The summed E-state index contributed by atoms with van der Waals surface area (Å²) in [6, 6.07) is 0.283. The van der Waals surface area contributed by atoms with Gasteiger partial charge in [-0.05, 0) is 32.6 Å². The van der Waals surface area contributed by atoms with Crippen molar-refractivity contribution in [1.82, 2.24) is 4.90 Å². The van der Waals surface area contributed by atoms with E-state index in [0.717, 1.165) is 0 Å². The van der Waals surface area contributed by atoms with Gasteiger partial charge in [0.25, 0.3) is 0 Å². The molecule has 6 atom stereocenters. The third-order valence-electron chi connectivity index (χ3n) is 4.49. The van der Waals surface area contributed by atoms with Crippen LogP contribution in [-0.2, 0) is 4.74 Å². The van der Waals surface area contributed by atoms with Crippen molar-refractivity contribution >= 4 is 6.09 Å². The number of nitrogens with zero attached hydrogens (tertiary/aromatic N) is 1. The number of aliphatic hydroxyl groups excluding tert-OH is 2. The molecule has 0 aromatic carbocycles. The first-order chi connectivity index (χ1) is 8.40. The number of amides is 1. The van der Waals surface area contributed by atoms with Gasteiger partial charge in [0.1, 0.15) is 5.60 Å². The largest absolute Gasteiger partial charge is 0.444 e. The van der Waals surface area contributed by atoms with E-state index in [1.54, 1.807) is 4.90 Å². The number of ether oxygens (including phenoxy) is 1. The molecule has 18 heavy (non-hydrogen) atoms. The molecule has 0 aromatic heterocycles. The van der Waals surface area contributed by atoms with Crippen molar-refractivity contribution < 1.29 is 19.7 Å². The summed E-state index contributed by atoms with van der Waals surface area (Å²) < 4.78 is 5.43. The fourth-order valence-electron chi connectivity index (χ4n) is 3.79. The van der Waals surface area contributed by atoms with Crippen LogP contribution in [0.5, 0.6) is 0 Å². The fraction of sp³-hybridized carbons (Fsp3) is 0.923. The van der Waals surface area contributed by atoms with Gasteiger partial charge in [0, 0.05) is 37.1 Å². The lowest BCUT2D eigenvalue weighted by Gasteiger charge is -2.27.